The topological polar surface area (TPSA) is 98.0 Å². The number of phenols is 3. The second-order valence-corrected chi connectivity index (χ2v) is 5.30. The number of hydrogen-bond donors (Lipinski definition) is 4. The second kappa shape index (κ2) is 8.39. The van der Waals surface area contributed by atoms with Gasteiger partial charge >= 0.3 is 5.97 Å². The number of phenolic OH excluding ortho intramolecular Hbond substituents is 3. The Balaban J connectivity index is 2.62. The van der Waals surface area contributed by atoms with Gasteiger partial charge in [0.1, 0.15) is 0 Å². The van der Waals surface area contributed by atoms with Crippen molar-refractivity contribution < 1.29 is 25.2 Å². The second-order valence-electron chi connectivity index (χ2n) is 5.30. The smallest absolute Gasteiger partial charge is 0.336 e. The molecule has 1 aromatic rings. The predicted molar refractivity (Wildman–Crippen MR) is 80.1 cm³/mol. The lowest BCUT2D eigenvalue weighted by Gasteiger charge is -2.11. The van der Waals surface area contributed by atoms with Crippen LogP contribution in [0.1, 0.15) is 67.8 Å². The van der Waals surface area contributed by atoms with Crippen molar-refractivity contribution in [1.29, 1.82) is 0 Å². The van der Waals surface area contributed by atoms with Crippen molar-refractivity contribution in [3.63, 3.8) is 0 Å². The number of aromatic carboxylic acids is 1. The number of aromatic hydroxyl groups is 3. The molecule has 21 heavy (non-hydrogen) atoms. The summed E-state index contributed by atoms with van der Waals surface area (Å²) in [6.07, 6.45) is 7.93. The molecule has 118 valence electrons. The maximum Gasteiger partial charge on any atom is 0.336 e. The van der Waals surface area contributed by atoms with E-state index in [-0.39, 0.29) is 11.1 Å². The van der Waals surface area contributed by atoms with Gasteiger partial charge in [-0.15, -0.1) is 0 Å². The van der Waals surface area contributed by atoms with E-state index in [4.69, 9.17) is 5.11 Å². The quantitative estimate of drug-likeness (QED) is 0.410. The minimum Gasteiger partial charge on any atom is -0.504 e. The molecule has 0 heterocycles. The number of carboxylic acids is 1. The molecule has 1 aromatic carbocycles. The highest BCUT2D eigenvalue weighted by molar-refractivity contribution is 5.91. The fraction of sp³-hybridized carbons (Fsp3) is 0.562. The average molecular weight is 296 g/mol. The van der Waals surface area contributed by atoms with E-state index >= 15 is 0 Å². The van der Waals surface area contributed by atoms with Gasteiger partial charge in [-0.05, 0) is 18.9 Å². The number of carboxylic acid groups (broad SMARTS) is 1. The van der Waals surface area contributed by atoms with Gasteiger partial charge < -0.3 is 20.4 Å². The van der Waals surface area contributed by atoms with Crippen LogP contribution in [0.5, 0.6) is 17.2 Å². The van der Waals surface area contributed by atoms with E-state index in [0.29, 0.717) is 6.42 Å². The summed E-state index contributed by atoms with van der Waals surface area (Å²) in [6.45, 7) is 2.16. The first kappa shape index (κ1) is 17.1. The van der Waals surface area contributed by atoms with E-state index in [0.717, 1.165) is 31.7 Å². The standard InChI is InChI=1S/C16H24O5/c1-2-3-4-5-6-7-8-9-11-12(16(20)21)10-13(17)15(19)14(11)18/h10,17-19H,2-9H2,1H3,(H,20,21). The number of carbonyl (C=O) groups is 1. The van der Waals surface area contributed by atoms with Crippen molar-refractivity contribution in [2.45, 2.75) is 58.3 Å². The fourth-order valence-corrected chi connectivity index (χ4v) is 2.39. The summed E-state index contributed by atoms with van der Waals surface area (Å²) in [6, 6.07) is 0.980. The Morgan fingerprint density at radius 3 is 2.10 bits per heavy atom. The Kier molecular flexibility index (Phi) is 6.85. The van der Waals surface area contributed by atoms with Crippen molar-refractivity contribution in [1.82, 2.24) is 0 Å². The largest absolute Gasteiger partial charge is 0.504 e. The minimum absolute atomic E-state index is 0.159. The molecule has 0 bridgehead atoms. The van der Waals surface area contributed by atoms with Crippen molar-refractivity contribution in [3.05, 3.63) is 17.2 Å². The lowest BCUT2D eigenvalue weighted by atomic mass is 9.98. The highest BCUT2D eigenvalue weighted by atomic mass is 16.4. The molecule has 0 aliphatic rings. The maximum atomic E-state index is 11.1. The molecule has 1 rings (SSSR count). The van der Waals surface area contributed by atoms with E-state index in [2.05, 4.69) is 6.92 Å². The van der Waals surface area contributed by atoms with Crippen molar-refractivity contribution in [2.75, 3.05) is 0 Å². The Morgan fingerprint density at radius 2 is 1.52 bits per heavy atom. The third-order valence-electron chi connectivity index (χ3n) is 3.62. The first-order chi connectivity index (χ1) is 9.99. The zero-order chi connectivity index (χ0) is 15.8. The van der Waals surface area contributed by atoms with Crippen LogP contribution in [-0.4, -0.2) is 26.4 Å². The molecule has 0 unspecified atom stereocenters. The molecule has 0 amide bonds. The van der Waals surface area contributed by atoms with Crippen LogP contribution in [-0.2, 0) is 6.42 Å². The van der Waals surface area contributed by atoms with Gasteiger partial charge in [0.25, 0.3) is 0 Å². The number of unbranched alkanes of at least 4 members (excludes halogenated alkanes) is 6. The van der Waals surface area contributed by atoms with Gasteiger partial charge in [0.05, 0.1) is 5.56 Å². The SMILES string of the molecule is CCCCCCCCCc1c(C(=O)O)cc(O)c(O)c1O. The Labute approximate surface area is 124 Å². The number of hydrogen-bond acceptors (Lipinski definition) is 4. The molecule has 0 aliphatic carbocycles. The van der Waals surface area contributed by atoms with E-state index in [1.807, 2.05) is 0 Å². The molecule has 0 saturated heterocycles. The fourth-order valence-electron chi connectivity index (χ4n) is 2.39. The number of rotatable bonds is 9. The minimum atomic E-state index is -1.22. The van der Waals surface area contributed by atoms with Gasteiger partial charge in [-0.2, -0.15) is 0 Å². The summed E-state index contributed by atoms with van der Waals surface area (Å²) >= 11 is 0. The molecule has 0 aromatic heterocycles. The van der Waals surface area contributed by atoms with E-state index in [1.165, 1.54) is 19.3 Å². The van der Waals surface area contributed by atoms with Crippen LogP contribution in [0.3, 0.4) is 0 Å². The molecule has 0 radical (unpaired) electrons. The normalized spacial score (nSPS) is 10.7. The summed E-state index contributed by atoms with van der Waals surface area (Å²) in [7, 11) is 0. The molecule has 4 N–H and O–H groups in total. The molecule has 0 atom stereocenters. The van der Waals surface area contributed by atoms with Crippen molar-refractivity contribution in [2.24, 2.45) is 0 Å². The summed E-state index contributed by atoms with van der Waals surface area (Å²) in [5, 5.41) is 37.8. The Bertz CT molecular complexity index is 482. The number of benzene rings is 1. The predicted octanol–water partition coefficient (Wildman–Crippen LogP) is 3.79. The van der Waals surface area contributed by atoms with Crippen LogP contribution in [0.2, 0.25) is 0 Å². The summed E-state index contributed by atoms with van der Waals surface area (Å²) in [5.41, 5.74) is 0.0279. The molecule has 0 saturated carbocycles. The Morgan fingerprint density at radius 1 is 0.952 bits per heavy atom. The zero-order valence-electron chi connectivity index (χ0n) is 12.4. The van der Waals surface area contributed by atoms with Gasteiger partial charge in [0.15, 0.2) is 11.5 Å². The maximum absolute atomic E-state index is 11.1. The monoisotopic (exact) mass is 296 g/mol. The molecule has 5 nitrogen and oxygen atoms in total. The molecule has 0 spiro atoms. The van der Waals surface area contributed by atoms with Crippen LogP contribution in [0.4, 0.5) is 0 Å². The van der Waals surface area contributed by atoms with E-state index < -0.39 is 23.2 Å². The Hall–Kier alpha value is -1.91. The lowest BCUT2D eigenvalue weighted by molar-refractivity contribution is 0.0694. The molecule has 0 aliphatic heterocycles. The van der Waals surface area contributed by atoms with Gasteiger partial charge in [-0.3, -0.25) is 0 Å². The van der Waals surface area contributed by atoms with Crippen LogP contribution in [0, 0.1) is 0 Å². The average Bonchev–Trinajstić information content (AvgIpc) is 2.45. The zero-order valence-corrected chi connectivity index (χ0v) is 12.4. The first-order valence-corrected chi connectivity index (χ1v) is 7.49. The lowest BCUT2D eigenvalue weighted by Crippen LogP contribution is -2.03. The van der Waals surface area contributed by atoms with Crippen LogP contribution < -0.4 is 0 Å². The molecule has 5 heteroatoms. The third kappa shape index (κ3) is 4.85. The van der Waals surface area contributed by atoms with Crippen molar-refractivity contribution in [3.8, 4) is 17.2 Å². The molecular weight excluding hydrogens is 272 g/mol. The highest BCUT2D eigenvalue weighted by Gasteiger charge is 2.20. The van der Waals surface area contributed by atoms with E-state index in [9.17, 15) is 20.1 Å². The van der Waals surface area contributed by atoms with Crippen LogP contribution in [0.15, 0.2) is 6.07 Å². The van der Waals surface area contributed by atoms with Crippen LogP contribution >= 0.6 is 0 Å². The first-order valence-electron chi connectivity index (χ1n) is 7.49. The highest BCUT2D eigenvalue weighted by Crippen LogP contribution is 2.40. The third-order valence-corrected chi connectivity index (χ3v) is 3.62. The summed E-state index contributed by atoms with van der Waals surface area (Å²) < 4.78 is 0. The van der Waals surface area contributed by atoms with Gasteiger partial charge in [0.2, 0.25) is 5.75 Å². The van der Waals surface area contributed by atoms with Crippen LogP contribution in [0.25, 0.3) is 0 Å². The summed E-state index contributed by atoms with van der Waals surface area (Å²) in [4.78, 5) is 11.1. The molecular formula is C16H24O5. The molecule has 0 fully saturated rings. The van der Waals surface area contributed by atoms with Gasteiger partial charge in [-0.1, -0.05) is 45.4 Å². The van der Waals surface area contributed by atoms with Gasteiger partial charge in [0, 0.05) is 5.56 Å². The van der Waals surface area contributed by atoms with Gasteiger partial charge in [-0.25, -0.2) is 4.79 Å². The van der Waals surface area contributed by atoms with Crippen molar-refractivity contribution >= 4 is 5.97 Å². The summed E-state index contributed by atoms with van der Waals surface area (Å²) in [5.74, 6) is -3.02. The van der Waals surface area contributed by atoms with E-state index in [1.54, 1.807) is 0 Å².